The van der Waals surface area contributed by atoms with Crippen molar-refractivity contribution in [2.75, 3.05) is 0 Å². The van der Waals surface area contributed by atoms with Crippen molar-refractivity contribution >= 4 is 0 Å². The zero-order chi connectivity index (χ0) is 6.69. The summed E-state index contributed by atoms with van der Waals surface area (Å²) >= 11 is 0. The van der Waals surface area contributed by atoms with Gasteiger partial charge in [0.1, 0.15) is 0 Å². The third-order valence-electron chi connectivity index (χ3n) is 1.11. The van der Waals surface area contributed by atoms with E-state index in [-0.39, 0.29) is 0 Å². The molecule has 0 aliphatic heterocycles. The van der Waals surface area contributed by atoms with Gasteiger partial charge in [0.2, 0.25) is 0 Å². The molecule has 0 radical (unpaired) electrons. The van der Waals surface area contributed by atoms with Gasteiger partial charge in [-0.3, -0.25) is 0 Å². The van der Waals surface area contributed by atoms with Gasteiger partial charge < -0.3 is 10.8 Å². The molecule has 3 N–H and O–H groups in total. The van der Waals surface area contributed by atoms with Crippen LogP contribution in [-0.2, 0) is 0 Å². The maximum absolute atomic E-state index is 8.92. The fraction of sp³-hybridized carbons (Fsp3) is 0.143. The van der Waals surface area contributed by atoms with Crippen LogP contribution in [0.3, 0.4) is 0 Å². The van der Waals surface area contributed by atoms with Crippen molar-refractivity contribution in [1.29, 1.82) is 0 Å². The van der Waals surface area contributed by atoms with Crippen molar-refractivity contribution in [3.8, 4) is 0 Å². The monoisotopic (exact) mass is 123 g/mol. The molecule has 0 fully saturated rings. The molecule has 1 aliphatic rings. The molecule has 0 spiro atoms. The van der Waals surface area contributed by atoms with Crippen molar-refractivity contribution in [2.45, 2.75) is 6.42 Å². The van der Waals surface area contributed by atoms with Crippen molar-refractivity contribution in [3.05, 3.63) is 35.8 Å². The summed E-state index contributed by atoms with van der Waals surface area (Å²) in [6.07, 6.45) is 7.47. The second kappa shape index (κ2) is 2.40. The SMILES string of the molecule is NC1=CC=C(O)CC=C1. The van der Waals surface area contributed by atoms with Crippen molar-refractivity contribution in [2.24, 2.45) is 5.73 Å². The fourth-order valence-corrected chi connectivity index (χ4v) is 0.632. The van der Waals surface area contributed by atoms with Crippen molar-refractivity contribution < 1.29 is 5.11 Å². The first-order valence-electron chi connectivity index (χ1n) is 2.81. The molecule has 0 atom stereocenters. The summed E-state index contributed by atoms with van der Waals surface area (Å²) in [5.74, 6) is 0.353. The van der Waals surface area contributed by atoms with Gasteiger partial charge in [-0.1, -0.05) is 6.08 Å². The van der Waals surface area contributed by atoms with Crippen LogP contribution in [0.4, 0.5) is 0 Å². The zero-order valence-electron chi connectivity index (χ0n) is 5.04. The largest absolute Gasteiger partial charge is 0.512 e. The average Bonchev–Trinajstić information content (AvgIpc) is 1.97. The third-order valence-corrected chi connectivity index (χ3v) is 1.11. The molecule has 2 heteroatoms. The van der Waals surface area contributed by atoms with E-state index in [4.69, 9.17) is 10.8 Å². The van der Waals surface area contributed by atoms with Gasteiger partial charge in [-0.05, 0) is 18.2 Å². The molecule has 0 aromatic carbocycles. The summed E-state index contributed by atoms with van der Waals surface area (Å²) in [5, 5.41) is 8.92. The van der Waals surface area contributed by atoms with Crippen LogP contribution in [0.1, 0.15) is 6.42 Å². The van der Waals surface area contributed by atoms with Gasteiger partial charge in [0, 0.05) is 12.1 Å². The lowest BCUT2D eigenvalue weighted by molar-refractivity contribution is 0.402. The van der Waals surface area contributed by atoms with Crippen molar-refractivity contribution in [3.63, 3.8) is 0 Å². The van der Waals surface area contributed by atoms with E-state index in [1.807, 2.05) is 6.08 Å². The highest BCUT2D eigenvalue weighted by Crippen LogP contribution is 2.04. The molecule has 48 valence electrons. The fourth-order valence-electron chi connectivity index (χ4n) is 0.632. The van der Waals surface area contributed by atoms with E-state index in [1.54, 1.807) is 18.2 Å². The first kappa shape index (κ1) is 5.95. The zero-order valence-corrected chi connectivity index (χ0v) is 5.04. The number of rotatable bonds is 0. The topological polar surface area (TPSA) is 46.2 Å². The van der Waals surface area contributed by atoms with E-state index >= 15 is 0 Å². The summed E-state index contributed by atoms with van der Waals surface area (Å²) in [7, 11) is 0. The highest BCUT2D eigenvalue weighted by atomic mass is 16.3. The van der Waals surface area contributed by atoms with Gasteiger partial charge in [0.25, 0.3) is 0 Å². The number of aliphatic hydroxyl groups is 1. The lowest BCUT2D eigenvalue weighted by Crippen LogP contribution is -1.89. The Bertz CT molecular complexity index is 189. The Kier molecular flexibility index (Phi) is 1.58. The van der Waals surface area contributed by atoms with Gasteiger partial charge in [-0.25, -0.2) is 0 Å². The predicted octanol–water partition coefficient (Wildman–Crippen LogP) is 1.23. The summed E-state index contributed by atoms with van der Waals surface area (Å²) in [4.78, 5) is 0. The van der Waals surface area contributed by atoms with Crippen LogP contribution in [0.25, 0.3) is 0 Å². The molecule has 0 saturated heterocycles. The van der Waals surface area contributed by atoms with Gasteiger partial charge in [-0.15, -0.1) is 0 Å². The van der Waals surface area contributed by atoms with Gasteiger partial charge in [0.15, 0.2) is 0 Å². The van der Waals surface area contributed by atoms with Crippen LogP contribution in [0, 0.1) is 0 Å². The van der Waals surface area contributed by atoms with Crippen molar-refractivity contribution in [1.82, 2.24) is 0 Å². The van der Waals surface area contributed by atoms with E-state index in [0.29, 0.717) is 17.9 Å². The minimum absolute atomic E-state index is 0.353. The van der Waals surface area contributed by atoms with Crippen LogP contribution in [0.15, 0.2) is 35.8 Å². The van der Waals surface area contributed by atoms with E-state index < -0.39 is 0 Å². The van der Waals surface area contributed by atoms with E-state index in [1.165, 1.54) is 0 Å². The number of allylic oxidation sites excluding steroid dienone is 4. The number of aliphatic hydroxyl groups excluding tert-OH is 1. The lowest BCUT2D eigenvalue weighted by atomic mass is 10.3. The Labute approximate surface area is 54.0 Å². The molecule has 0 saturated carbocycles. The van der Waals surface area contributed by atoms with Gasteiger partial charge in [-0.2, -0.15) is 0 Å². The first-order valence-corrected chi connectivity index (χ1v) is 2.81. The molecule has 0 aromatic heterocycles. The van der Waals surface area contributed by atoms with E-state index in [2.05, 4.69) is 0 Å². The van der Waals surface area contributed by atoms with Crippen LogP contribution in [-0.4, -0.2) is 5.11 Å². The van der Waals surface area contributed by atoms with Crippen LogP contribution in [0.2, 0.25) is 0 Å². The summed E-state index contributed by atoms with van der Waals surface area (Å²) in [5.41, 5.74) is 6.10. The molecular weight excluding hydrogens is 114 g/mol. The molecule has 9 heavy (non-hydrogen) atoms. The second-order valence-electron chi connectivity index (χ2n) is 1.93. The second-order valence-corrected chi connectivity index (χ2v) is 1.93. The molecule has 1 rings (SSSR count). The number of hydrogen-bond donors (Lipinski definition) is 2. The highest BCUT2D eigenvalue weighted by Gasteiger charge is 1.91. The predicted molar refractivity (Wildman–Crippen MR) is 36.7 cm³/mol. The lowest BCUT2D eigenvalue weighted by Gasteiger charge is -1.86. The number of nitrogens with two attached hydrogens (primary N) is 1. The van der Waals surface area contributed by atoms with E-state index in [0.717, 1.165) is 0 Å². The maximum Gasteiger partial charge on any atom is 0.0961 e. The minimum Gasteiger partial charge on any atom is -0.512 e. The molecular formula is C7H9NO. The van der Waals surface area contributed by atoms with Crippen LogP contribution >= 0.6 is 0 Å². The third kappa shape index (κ3) is 1.64. The Balaban J connectivity index is 2.80. The molecule has 0 heterocycles. The molecule has 0 unspecified atom stereocenters. The highest BCUT2D eigenvalue weighted by molar-refractivity contribution is 5.26. The quantitative estimate of drug-likeness (QED) is 0.509. The Morgan fingerprint density at radius 3 is 3.00 bits per heavy atom. The summed E-state index contributed by atoms with van der Waals surface area (Å²) < 4.78 is 0. The normalized spacial score (nSPS) is 18.2. The standard InChI is InChI=1S/C7H9NO/c8-6-2-1-3-7(9)5-4-6/h1-2,4-5,9H,3,8H2. The Morgan fingerprint density at radius 1 is 1.44 bits per heavy atom. The molecule has 0 bridgehead atoms. The summed E-state index contributed by atoms with van der Waals surface area (Å²) in [6.45, 7) is 0. The maximum atomic E-state index is 8.92. The average molecular weight is 123 g/mol. The summed E-state index contributed by atoms with van der Waals surface area (Å²) in [6, 6.07) is 0. The molecule has 0 amide bonds. The Morgan fingerprint density at radius 2 is 2.22 bits per heavy atom. The van der Waals surface area contributed by atoms with Crippen LogP contribution in [0.5, 0.6) is 0 Å². The Hall–Kier alpha value is -1.18. The molecule has 2 nitrogen and oxygen atoms in total. The van der Waals surface area contributed by atoms with Gasteiger partial charge in [0.05, 0.1) is 5.76 Å². The van der Waals surface area contributed by atoms with Crippen LogP contribution < -0.4 is 5.73 Å². The molecule has 0 aromatic rings. The smallest absolute Gasteiger partial charge is 0.0961 e. The molecule has 1 aliphatic carbocycles. The number of hydrogen-bond acceptors (Lipinski definition) is 2. The minimum atomic E-state index is 0.353. The van der Waals surface area contributed by atoms with E-state index in [9.17, 15) is 0 Å². The van der Waals surface area contributed by atoms with Gasteiger partial charge >= 0.3 is 0 Å². The first-order chi connectivity index (χ1) is 4.29.